The number of para-hydroxylation sites is 1. The van der Waals surface area contributed by atoms with E-state index in [9.17, 15) is 14.7 Å². The number of methoxy groups -OCH3 is 2. The maximum Gasteiger partial charge on any atom is 0.295 e. The summed E-state index contributed by atoms with van der Waals surface area (Å²) >= 11 is 6.38. The molecule has 3 aromatic rings. The highest BCUT2D eigenvalue weighted by atomic mass is 35.5. The Labute approximate surface area is 215 Å². The highest BCUT2D eigenvalue weighted by molar-refractivity contribution is 6.47. The van der Waals surface area contributed by atoms with Crippen LogP contribution in [-0.2, 0) is 16.1 Å². The van der Waals surface area contributed by atoms with E-state index in [2.05, 4.69) is 0 Å². The van der Waals surface area contributed by atoms with E-state index < -0.39 is 17.7 Å². The first kappa shape index (κ1) is 25.1. The molecule has 1 unspecified atom stereocenters. The standard InChI is InChI=1S/C28H27ClN2O5/c1-30(2)19-11-9-17(10-12-19)25-24(26(32)21-15-20(35-3)13-14-22(21)29)27(33)28(34)31(25)16-18-7-5-6-8-23(18)36-4/h5-15,25,32H,16H2,1-4H3/b26-24+. The molecule has 1 heterocycles. The van der Waals surface area contributed by atoms with Gasteiger partial charge in [0.15, 0.2) is 0 Å². The molecule has 3 aromatic carbocycles. The van der Waals surface area contributed by atoms with Crippen molar-refractivity contribution in [1.29, 1.82) is 0 Å². The largest absolute Gasteiger partial charge is 0.507 e. The minimum atomic E-state index is -0.839. The predicted octanol–water partition coefficient (Wildman–Crippen LogP) is 5.05. The maximum atomic E-state index is 13.4. The van der Waals surface area contributed by atoms with Crippen molar-refractivity contribution in [2.45, 2.75) is 12.6 Å². The molecule has 1 atom stereocenters. The van der Waals surface area contributed by atoms with Crippen LogP contribution in [0.2, 0.25) is 5.02 Å². The number of aliphatic hydroxyl groups excluding tert-OH is 1. The molecule has 0 spiro atoms. The van der Waals surface area contributed by atoms with Gasteiger partial charge < -0.3 is 24.4 Å². The van der Waals surface area contributed by atoms with Crippen LogP contribution >= 0.6 is 11.6 Å². The van der Waals surface area contributed by atoms with Gasteiger partial charge in [-0.3, -0.25) is 9.59 Å². The number of hydrogen-bond acceptors (Lipinski definition) is 6. The Kier molecular flexibility index (Phi) is 7.22. The van der Waals surface area contributed by atoms with Crippen LogP contribution in [0.4, 0.5) is 5.69 Å². The second-order valence-electron chi connectivity index (χ2n) is 8.57. The molecule has 0 aromatic heterocycles. The zero-order valence-corrected chi connectivity index (χ0v) is 21.2. The van der Waals surface area contributed by atoms with Crippen molar-refractivity contribution in [3.05, 3.63) is 94.0 Å². The summed E-state index contributed by atoms with van der Waals surface area (Å²) in [6.07, 6.45) is 0. The number of likely N-dealkylation sites (tertiary alicyclic amines) is 1. The van der Waals surface area contributed by atoms with Crippen LogP contribution in [0.3, 0.4) is 0 Å². The molecule has 4 rings (SSSR count). The van der Waals surface area contributed by atoms with Crippen LogP contribution < -0.4 is 14.4 Å². The quantitative estimate of drug-likeness (QED) is 0.274. The molecule has 0 bridgehead atoms. The highest BCUT2D eigenvalue weighted by Crippen LogP contribution is 2.42. The lowest BCUT2D eigenvalue weighted by Gasteiger charge is -2.26. The van der Waals surface area contributed by atoms with Crippen LogP contribution in [-0.4, -0.2) is 50.0 Å². The summed E-state index contributed by atoms with van der Waals surface area (Å²) in [7, 11) is 6.89. The van der Waals surface area contributed by atoms with Gasteiger partial charge in [0.05, 0.1) is 37.4 Å². The summed E-state index contributed by atoms with van der Waals surface area (Å²) in [4.78, 5) is 30.1. The van der Waals surface area contributed by atoms with E-state index in [0.29, 0.717) is 17.1 Å². The Balaban J connectivity index is 1.90. The summed E-state index contributed by atoms with van der Waals surface area (Å²) < 4.78 is 10.7. The van der Waals surface area contributed by atoms with Gasteiger partial charge in [0.2, 0.25) is 0 Å². The van der Waals surface area contributed by atoms with E-state index in [0.717, 1.165) is 11.3 Å². The number of halogens is 1. The highest BCUT2D eigenvalue weighted by Gasteiger charge is 2.46. The van der Waals surface area contributed by atoms with E-state index in [1.165, 1.54) is 18.1 Å². The number of carbonyl (C=O) groups excluding carboxylic acids is 2. The number of benzene rings is 3. The Morgan fingerprint density at radius 2 is 1.69 bits per heavy atom. The summed E-state index contributed by atoms with van der Waals surface area (Å²) in [5.41, 5.74) is 2.53. The van der Waals surface area contributed by atoms with Crippen molar-refractivity contribution in [3.63, 3.8) is 0 Å². The molecule has 1 N–H and O–H groups in total. The fraction of sp³-hybridized carbons (Fsp3) is 0.214. The van der Waals surface area contributed by atoms with Crippen molar-refractivity contribution in [1.82, 2.24) is 4.90 Å². The van der Waals surface area contributed by atoms with Gasteiger partial charge in [0.1, 0.15) is 17.3 Å². The zero-order valence-electron chi connectivity index (χ0n) is 20.5. The summed E-state index contributed by atoms with van der Waals surface area (Å²) in [6.45, 7) is 0.108. The lowest BCUT2D eigenvalue weighted by molar-refractivity contribution is -0.140. The molecule has 186 valence electrons. The SMILES string of the molecule is COc1ccc(Cl)c(/C(O)=C2\C(=O)C(=O)N(Cc3ccccc3OC)C2c2ccc(N(C)C)cc2)c1. The number of amides is 1. The molecule has 1 aliphatic rings. The average Bonchev–Trinajstić information content (AvgIpc) is 3.14. The number of anilines is 1. The third-order valence-electron chi connectivity index (χ3n) is 6.23. The van der Waals surface area contributed by atoms with Crippen LogP contribution in [0.1, 0.15) is 22.7 Å². The van der Waals surface area contributed by atoms with Crippen molar-refractivity contribution >= 4 is 34.7 Å². The molecule has 8 heteroatoms. The first-order valence-electron chi connectivity index (χ1n) is 11.3. The van der Waals surface area contributed by atoms with Gasteiger partial charge in [-0.15, -0.1) is 0 Å². The van der Waals surface area contributed by atoms with E-state index in [1.807, 2.05) is 61.5 Å². The number of ether oxygens (including phenoxy) is 2. The number of Topliss-reactive ketones (excluding diaryl/α,β-unsaturated/α-hetero) is 1. The van der Waals surface area contributed by atoms with Crippen LogP contribution in [0.25, 0.3) is 5.76 Å². The minimum Gasteiger partial charge on any atom is -0.507 e. The second-order valence-corrected chi connectivity index (χ2v) is 8.98. The summed E-state index contributed by atoms with van der Waals surface area (Å²) in [6, 6.07) is 18.7. The molecule has 1 saturated heterocycles. The van der Waals surface area contributed by atoms with Gasteiger partial charge in [0, 0.05) is 30.9 Å². The molecular weight excluding hydrogens is 480 g/mol. The molecule has 36 heavy (non-hydrogen) atoms. The first-order valence-corrected chi connectivity index (χ1v) is 11.7. The average molecular weight is 507 g/mol. The topological polar surface area (TPSA) is 79.3 Å². The third-order valence-corrected chi connectivity index (χ3v) is 6.56. The molecule has 0 saturated carbocycles. The van der Waals surface area contributed by atoms with E-state index in [4.69, 9.17) is 21.1 Å². The zero-order chi connectivity index (χ0) is 26.0. The number of aliphatic hydroxyl groups is 1. The minimum absolute atomic E-state index is 0.0392. The number of rotatable bonds is 7. The normalized spacial score (nSPS) is 16.8. The second kappa shape index (κ2) is 10.3. The van der Waals surface area contributed by atoms with Crippen molar-refractivity contribution < 1.29 is 24.2 Å². The van der Waals surface area contributed by atoms with Crippen molar-refractivity contribution in [2.75, 3.05) is 33.2 Å². The first-order chi connectivity index (χ1) is 17.3. The molecule has 0 radical (unpaired) electrons. The Hall–Kier alpha value is -3.97. The van der Waals surface area contributed by atoms with Gasteiger partial charge in [-0.2, -0.15) is 0 Å². The van der Waals surface area contributed by atoms with Crippen molar-refractivity contribution in [2.24, 2.45) is 0 Å². The van der Waals surface area contributed by atoms with Gasteiger partial charge in [0.25, 0.3) is 11.7 Å². The van der Waals surface area contributed by atoms with Gasteiger partial charge in [-0.05, 0) is 42.0 Å². The molecular formula is C28H27ClN2O5. The van der Waals surface area contributed by atoms with Crippen LogP contribution in [0.15, 0.2) is 72.3 Å². The molecule has 1 fully saturated rings. The molecule has 1 aliphatic heterocycles. The third kappa shape index (κ3) is 4.62. The lowest BCUT2D eigenvalue weighted by Crippen LogP contribution is -2.29. The molecule has 0 aliphatic carbocycles. The predicted molar refractivity (Wildman–Crippen MR) is 140 cm³/mol. The Morgan fingerprint density at radius 1 is 1.00 bits per heavy atom. The summed E-state index contributed by atoms with van der Waals surface area (Å²) in [5.74, 6) is -0.819. The van der Waals surface area contributed by atoms with Gasteiger partial charge in [-0.1, -0.05) is 41.9 Å². The molecule has 7 nitrogen and oxygen atoms in total. The Morgan fingerprint density at radius 3 is 2.33 bits per heavy atom. The van der Waals surface area contributed by atoms with Crippen LogP contribution in [0, 0.1) is 0 Å². The smallest absolute Gasteiger partial charge is 0.295 e. The fourth-order valence-corrected chi connectivity index (χ4v) is 4.53. The summed E-state index contributed by atoms with van der Waals surface area (Å²) in [5, 5.41) is 11.6. The fourth-order valence-electron chi connectivity index (χ4n) is 4.32. The van der Waals surface area contributed by atoms with Crippen LogP contribution in [0.5, 0.6) is 11.5 Å². The Bertz CT molecular complexity index is 1330. The van der Waals surface area contributed by atoms with E-state index >= 15 is 0 Å². The number of hydrogen-bond donors (Lipinski definition) is 1. The van der Waals surface area contributed by atoms with Gasteiger partial charge >= 0.3 is 0 Å². The van der Waals surface area contributed by atoms with E-state index in [-0.39, 0.29) is 28.5 Å². The number of nitrogens with zero attached hydrogens (tertiary/aromatic N) is 2. The number of ketones is 1. The molecule has 1 amide bonds. The van der Waals surface area contributed by atoms with E-state index in [1.54, 1.807) is 25.3 Å². The maximum absolute atomic E-state index is 13.4. The number of carbonyl (C=O) groups is 2. The van der Waals surface area contributed by atoms with Crippen molar-refractivity contribution in [3.8, 4) is 11.5 Å². The van der Waals surface area contributed by atoms with Gasteiger partial charge in [-0.25, -0.2) is 0 Å². The lowest BCUT2D eigenvalue weighted by atomic mass is 9.94. The monoisotopic (exact) mass is 506 g/mol.